The Hall–Kier alpha value is -3.91. The van der Waals surface area contributed by atoms with E-state index in [4.69, 9.17) is 5.73 Å². The maximum Gasteiger partial charge on any atom is 0.247 e. The Labute approximate surface area is 211 Å². The number of pyridine rings is 1. The maximum absolute atomic E-state index is 13.5. The van der Waals surface area contributed by atoms with Crippen LogP contribution in [0.15, 0.2) is 83.9 Å². The van der Waals surface area contributed by atoms with Gasteiger partial charge in [-0.1, -0.05) is 56.3 Å². The fraction of sp³-hybridized carbons (Fsp3) is 0.214. The summed E-state index contributed by atoms with van der Waals surface area (Å²) < 4.78 is 24.4. The molecule has 1 amide bonds. The Morgan fingerprint density at radius 3 is 2.47 bits per heavy atom. The number of nitrogens with two attached hydrogens (primary N) is 1. The number of nitrogens with one attached hydrogen (secondary N) is 2. The average Bonchev–Trinajstić information content (AvgIpc) is 2.85. The lowest BCUT2D eigenvalue weighted by atomic mass is 9.97. The van der Waals surface area contributed by atoms with Gasteiger partial charge in [0.15, 0.2) is 9.84 Å². The molecule has 1 atom stereocenters. The van der Waals surface area contributed by atoms with Crippen LogP contribution in [0.4, 0.5) is 11.5 Å². The third-order valence-corrected chi connectivity index (χ3v) is 7.30. The van der Waals surface area contributed by atoms with E-state index in [1.54, 1.807) is 30.5 Å². The quantitative estimate of drug-likeness (QED) is 0.318. The van der Waals surface area contributed by atoms with Crippen LogP contribution in [-0.2, 0) is 21.2 Å². The fourth-order valence-electron chi connectivity index (χ4n) is 4.15. The molecule has 1 unspecified atom stereocenters. The molecule has 0 fully saturated rings. The van der Waals surface area contributed by atoms with Crippen molar-refractivity contribution in [2.45, 2.75) is 37.2 Å². The van der Waals surface area contributed by atoms with E-state index in [2.05, 4.69) is 29.5 Å². The zero-order valence-corrected chi connectivity index (χ0v) is 21.3. The third kappa shape index (κ3) is 5.66. The molecule has 0 aliphatic carbocycles. The second-order valence-electron chi connectivity index (χ2n) is 9.13. The van der Waals surface area contributed by atoms with Crippen LogP contribution in [0.2, 0.25) is 0 Å². The number of hydrogen-bond acceptors (Lipinski definition) is 6. The van der Waals surface area contributed by atoms with Crippen LogP contribution in [0.25, 0.3) is 10.8 Å². The van der Waals surface area contributed by atoms with Crippen LogP contribution < -0.4 is 16.4 Å². The van der Waals surface area contributed by atoms with Crippen LogP contribution in [0, 0.1) is 0 Å². The van der Waals surface area contributed by atoms with E-state index in [1.165, 1.54) is 0 Å². The molecular formula is C28H30N4O3S. The first-order valence-corrected chi connectivity index (χ1v) is 13.6. The van der Waals surface area contributed by atoms with Crippen LogP contribution in [0.5, 0.6) is 0 Å². The minimum absolute atomic E-state index is 0.0874. The third-order valence-electron chi connectivity index (χ3n) is 6.10. The summed E-state index contributed by atoms with van der Waals surface area (Å²) in [5.74, 6) is 0.475. The standard InChI is InChI=1S/C28H30N4O3S/c1-18(2)19-8-6-9-21(15-19)26(32-23-11-12-24-20(16-23)13-14-30-27(24)29)28(33)31-17-22-7-4-5-10-25(22)36(3,34)35/h4-16,18,26,32H,17H2,1-3H3,(H2,29,30)(H,31,33). The van der Waals surface area contributed by atoms with Gasteiger partial charge in [0.05, 0.1) is 4.90 Å². The van der Waals surface area contributed by atoms with E-state index >= 15 is 0 Å². The number of nitrogen functional groups attached to an aromatic ring is 1. The van der Waals surface area contributed by atoms with Gasteiger partial charge in [-0.15, -0.1) is 0 Å². The largest absolute Gasteiger partial charge is 0.383 e. The molecule has 7 nitrogen and oxygen atoms in total. The summed E-state index contributed by atoms with van der Waals surface area (Å²) >= 11 is 0. The van der Waals surface area contributed by atoms with Gasteiger partial charge in [-0.05, 0) is 58.3 Å². The number of amides is 1. The highest BCUT2D eigenvalue weighted by Crippen LogP contribution is 2.27. The van der Waals surface area contributed by atoms with Crippen molar-refractivity contribution in [3.63, 3.8) is 0 Å². The van der Waals surface area contributed by atoms with Crippen molar-refractivity contribution < 1.29 is 13.2 Å². The van der Waals surface area contributed by atoms with Crippen molar-refractivity contribution in [3.05, 3.63) is 95.7 Å². The second-order valence-corrected chi connectivity index (χ2v) is 11.1. The first-order valence-electron chi connectivity index (χ1n) is 11.7. The van der Waals surface area contributed by atoms with Gasteiger partial charge in [-0.2, -0.15) is 0 Å². The molecule has 4 aromatic rings. The molecule has 3 aromatic carbocycles. The molecule has 0 aliphatic heterocycles. The number of hydrogen-bond donors (Lipinski definition) is 3. The highest BCUT2D eigenvalue weighted by atomic mass is 32.2. The predicted octanol–water partition coefficient (Wildman–Crippen LogP) is 4.81. The van der Waals surface area contributed by atoms with Crippen LogP contribution >= 0.6 is 0 Å². The first kappa shape index (κ1) is 25.2. The molecule has 0 spiro atoms. The number of anilines is 2. The minimum Gasteiger partial charge on any atom is -0.383 e. The van der Waals surface area contributed by atoms with Gasteiger partial charge in [-0.25, -0.2) is 13.4 Å². The molecule has 186 valence electrons. The number of nitrogens with zero attached hydrogens (tertiary/aromatic N) is 1. The average molecular weight is 503 g/mol. The van der Waals surface area contributed by atoms with Gasteiger partial charge in [0.2, 0.25) is 5.91 Å². The van der Waals surface area contributed by atoms with E-state index in [-0.39, 0.29) is 17.3 Å². The van der Waals surface area contributed by atoms with Crippen molar-refractivity contribution in [2.75, 3.05) is 17.3 Å². The van der Waals surface area contributed by atoms with Crippen molar-refractivity contribution in [1.82, 2.24) is 10.3 Å². The van der Waals surface area contributed by atoms with Gasteiger partial charge >= 0.3 is 0 Å². The SMILES string of the molecule is CC(C)c1cccc(C(Nc2ccc3c(N)nccc3c2)C(=O)NCc2ccccc2S(C)(=O)=O)c1. The molecule has 0 bridgehead atoms. The molecule has 0 saturated carbocycles. The Kier molecular flexibility index (Phi) is 7.26. The van der Waals surface area contributed by atoms with Gasteiger partial charge < -0.3 is 16.4 Å². The summed E-state index contributed by atoms with van der Waals surface area (Å²) in [5, 5.41) is 8.04. The number of sulfone groups is 1. The minimum atomic E-state index is -3.42. The van der Waals surface area contributed by atoms with Gasteiger partial charge in [0, 0.05) is 30.1 Å². The van der Waals surface area contributed by atoms with E-state index in [0.29, 0.717) is 17.3 Å². The maximum atomic E-state index is 13.5. The van der Waals surface area contributed by atoms with Gasteiger partial charge in [0.25, 0.3) is 0 Å². The number of carbonyl (C=O) groups is 1. The summed E-state index contributed by atoms with van der Waals surface area (Å²) in [6.07, 6.45) is 2.81. The zero-order chi connectivity index (χ0) is 25.9. The molecule has 8 heteroatoms. The van der Waals surface area contributed by atoms with E-state index in [9.17, 15) is 13.2 Å². The number of rotatable bonds is 8. The molecule has 1 heterocycles. The molecule has 36 heavy (non-hydrogen) atoms. The fourth-order valence-corrected chi connectivity index (χ4v) is 5.09. The lowest BCUT2D eigenvalue weighted by molar-refractivity contribution is -0.122. The molecule has 0 aliphatic rings. The highest BCUT2D eigenvalue weighted by molar-refractivity contribution is 7.90. The Balaban J connectivity index is 1.66. The van der Waals surface area contributed by atoms with Gasteiger partial charge in [-0.3, -0.25) is 4.79 Å². The van der Waals surface area contributed by atoms with Crippen LogP contribution in [0.3, 0.4) is 0 Å². The van der Waals surface area contributed by atoms with Crippen molar-refractivity contribution in [1.29, 1.82) is 0 Å². The monoisotopic (exact) mass is 502 g/mol. The molecule has 4 N–H and O–H groups in total. The Morgan fingerprint density at radius 1 is 0.972 bits per heavy atom. The molecule has 4 rings (SSSR count). The number of fused-ring (bicyclic) bond motifs is 1. The number of carbonyl (C=O) groups excluding carboxylic acids is 1. The molecule has 0 radical (unpaired) electrons. The number of benzene rings is 3. The molecule has 0 saturated heterocycles. The summed E-state index contributed by atoms with van der Waals surface area (Å²) in [6, 6.07) is 21.4. The lowest BCUT2D eigenvalue weighted by Crippen LogP contribution is -2.33. The Bertz CT molecular complexity index is 1520. The summed E-state index contributed by atoms with van der Waals surface area (Å²) in [7, 11) is -3.42. The van der Waals surface area contributed by atoms with E-state index in [1.807, 2.05) is 48.5 Å². The van der Waals surface area contributed by atoms with Crippen molar-refractivity contribution >= 4 is 38.0 Å². The zero-order valence-electron chi connectivity index (χ0n) is 20.5. The van der Waals surface area contributed by atoms with E-state index in [0.717, 1.165) is 33.8 Å². The Morgan fingerprint density at radius 2 is 1.72 bits per heavy atom. The van der Waals surface area contributed by atoms with Crippen LogP contribution in [0.1, 0.15) is 42.5 Å². The summed E-state index contributed by atoms with van der Waals surface area (Å²) in [6.45, 7) is 4.29. The molecule has 1 aromatic heterocycles. The summed E-state index contributed by atoms with van der Waals surface area (Å²) in [4.78, 5) is 17.9. The number of aromatic nitrogens is 1. The first-order chi connectivity index (χ1) is 17.1. The second kappa shape index (κ2) is 10.4. The van der Waals surface area contributed by atoms with E-state index < -0.39 is 15.9 Å². The summed E-state index contributed by atoms with van der Waals surface area (Å²) in [5.41, 5.74) is 9.21. The van der Waals surface area contributed by atoms with Crippen molar-refractivity contribution in [2.24, 2.45) is 0 Å². The topological polar surface area (TPSA) is 114 Å². The van der Waals surface area contributed by atoms with Crippen molar-refractivity contribution in [3.8, 4) is 0 Å². The highest BCUT2D eigenvalue weighted by Gasteiger charge is 2.22. The normalized spacial score (nSPS) is 12.4. The molecular weight excluding hydrogens is 472 g/mol. The lowest BCUT2D eigenvalue weighted by Gasteiger charge is -2.22. The predicted molar refractivity (Wildman–Crippen MR) is 144 cm³/mol. The van der Waals surface area contributed by atoms with Gasteiger partial charge in [0.1, 0.15) is 11.9 Å². The van der Waals surface area contributed by atoms with Crippen LogP contribution in [-0.4, -0.2) is 25.6 Å². The smallest absolute Gasteiger partial charge is 0.247 e.